The lowest BCUT2D eigenvalue weighted by Gasteiger charge is -2.08. The van der Waals surface area contributed by atoms with Gasteiger partial charge < -0.3 is 10.5 Å². The first-order chi connectivity index (χ1) is 8.60. The normalized spacial score (nSPS) is 10.4. The van der Waals surface area contributed by atoms with Gasteiger partial charge in [-0.25, -0.2) is 4.39 Å². The van der Waals surface area contributed by atoms with Gasteiger partial charge in [-0.05, 0) is 23.8 Å². The van der Waals surface area contributed by atoms with Gasteiger partial charge in [0.1, 0.15) is 5.75 Å². The predicted octanol–water partition coefficient (Wildman–Crippen LogP) is 3.37. The van der Waals surface area contributed by atoms with Crippen molar-refractivity contribution >= 4 is 15.9 Å². The molecule has 0 fully saturated rings. The summed E-state index contributed by atoms with van der Waals surface area (Å²) in [5.41, 5.74) is 6.19. The topological polar surface area (TPSA) is 48.1 Å². The molecule has 0 spiro atoms. The van der Waals surface area contributed by atoms with Gasteiger partial charge in [0.15, 0.2) is 11.6 Å². The summed E-state index contributed by atoms with van der Waals surface area (Å²) in [5, 5.41) is 0. The minimum Gasteiger partial charge on any atom is -0.452 e. The van der Waals surface area contributed by atoms with E-state index in [1.54, 1.807) is 12.3 Å². The van der Waals surface area contributed by atoms with Gasteiger partial charge in [0, 0.05) is 17.2 Å². The summed E-state index contributed by atoms with van der Waals surface area (Å²) in [6.07, 6.45) is 2.97. The van der Waals surface area contributed by atoms with Crippen molar-refractivity contribution in [3.8, 4) is 11.5 Å². The van der Waals surface area contributed by atoms with Gasteiger partial charge in [-0.1, -0.05) is 15.9 Å². The Morgan fingerprint density at radius 1 is 1.22 bits per heavy atom. The number of rotatable bonds is 3. The summed E-state index contributed by atoms with van der Waals surface area (Å²) in [5.74, 6) is -1.94. The van der Waals surface area contributed by atoms with Crippen LogP contribution in [-0.4, -0.2) is 4.98 Å². The SMILES string of the molecule is NCc1cncc(Oc2cc(Br)cc(F)c2F)c1. The maximum absolute atomic E-state index is 13.5. The molecule has 0 saturated carbocycles. The summed E-state index contributed by atoms with van der Waals surface area (Å²) in [6.45, 7) is 0.291. The average Bonchev–Trinajstić information content (AvgIpc) is 2.35. The van der Waals surface area contributed by atoms with Crippen molar-refractivity contribution in [1.29, 1.82) is 0 Å². The molecule has 1 heterocycles. The molecule has 3 nitrogen and oxygen atoms in total. The third-order valence-corrected chi connectivity index (χ3v) is 2.65. The number of hydrogen-bond donors (Lipinski definition) is 1. The van der Waals surface area contributed by atoms with E-state index in [-0.39, 0.29) is 5.75 Å². The molecule has 2 aromatic rings. The van der Waals surface area contributed by atoms with Crippen molar-refractivity contribution in [2.24, 2.45) is 5.73 Å². The maximum atomic E-state index is 13.5. The fourth-order valence-corrected chi connectivity index (χ4v) is 1.77. The molecular weight excluding hydrogens is 306 g/mol. The zero-order valence-electron chi connectivity index (χ0n) is 9.16. The summed E-state index contributed by atoms with van der Waals surface area (Å²) in [4.78, 5) is 3.89. The number of ether oxygens (including phenoxy) is 1. The highest BCUT2D eigenvalue weighted by atomic mass is 79.9. The van der Waals surface area contributed by atoms with Gasteiger partial charge in [-0.2, -0.15) is 4.39 Å². The van der Waals surface area contributed by atoms with Gasteiger partial charge in [0.2, 0.25) is 5.82 Å². The van der Waals surface area contributed by atoms with Gasteiger partial charge in [0.25, 0.3) is 0 Å². The van der Waals surface area contributed by atoms with Crippen LogP contribution in [-0.2, 0) is 6.54 Å². The molecule has 0 bridgehead atoms. The van der Waals surface area contributed by atoms with Crippen molar-refractivity contribution < 1.29 is 13.5 Å². The Hall–Kier alpha value is -1.53. The van der Waals surface area contributed by atoms with E-state index < -0.39 is 11.6 Å². The van der Waals surface area contributed by atoms with Crippen LogP contribution >= 0.6 is 15.9 Å². The average molecular weight is 315 g/mol. The highest BCUT2D eigenvalue weighted by Gasteiger charge is 2.12. The Morgan fingerprint density at radius 2 is 2.00 bits per heavy atom. The highest BCUT2D eigenvalue weighted by Crippen LogP contribution is 2.29. The summed E-state index contributed by atoms with van der Waals surface area (Å²) in [6, 6.07) is 3.98. The second-order valence-corrected chi connectivity index (χ2v) is 4.45. The first-order valence-electron chi connectivity index (χ1n) is 5.06. The number of nitrogens with zero attached hydrogens (tertiary/aromatic N) is 1. The summed E-state index contributed by atoms with van der Waals surface area (Å²) in [7, 11) is 0. The number of nitrogens with two attached hydrogens (primary N) is 1. The largest absolute Gasteiger partial charge is 0.452 e. The van der Waals surface area contributed by atoms with Crippen LogP contribution in [0.15, 0.2) is 35.1 Å². The molecule has 0 amide bonds. The third kappa shape index (κ3) is 2.83. The Kier molecular flexibility index (Phi) is 3.88. The first-order valence-corrected chi connectivity index (χ1v) is 5.86. The second kappa shape index (κ2) is 5.41. The minimum absolute atomic E-state index is 0.210. The van der Waals surface area contributed by atoms with E-state index in [0.29, 0.717) is 16.8 Å². The molecule has 6 heteroatoms. The van der Waals surface area contributed by atoms with Gasteiger partial charge in [0.05, 0.1) is 6.20 Å². The van der Waals surface area contributed by atoms with Crippen molar-refractivity contribution in [3.63, 3.8) is 0 Å². The monoisotopic (exact) mass is 314 g/mol. The van der Waals surface area contributed by atoms with E-state index in [1.165, 1.54) is 12.3 Å². The first kappa shape index (κ1) is 12.9. The zero-order valence-corrected chi connectivity index (χ0v) is 10.7. The van der Waals surface area contributed by atoms with Gasteiger partial charge >= 0.3 is 0 Å². The lowest BCUT2D eigenvalue weighted by Crippen LogP contribution is -1.98. The predicted molar refractivity (Wildman–Crippen MR) is 66.3 cm³/mol. The van der Waals surface area contributed by atoms with Crippen molar-refractivity contribution in [3.05, 3.63) is 52.3 Å². The van der Waals surface area contributed by atoms with Crippen molar-refractivity contribution in [2.75, 3.05) is 0 Å². The van der Waals surface area contributed by atoms with Crippen LogP contribution in [0.5, 0.6) is 11.5 Å². The molecular formula is C12H9BrF2N2O. The highest BCUT2D eigenvalue weighted by molar-refractivity contribution is 9.10. The molecule has 2 N–H and O–H groups in total. The number of pyridine rings is 1. The van der Waals surface area contributed by atoms with E-state index in [2.05, 4.69) is 20.9 Å². The second-order valence-electron chi connectivity index (χ2n) is 3.53. The van der Waals surface area contributed by atoms with Gasteiger partial charge in [-0.15, -0.1) is 0 Å². The number of benzene rings is 1. The molecule has 18 heavy (non-hydrogen) atoms. The lowest BCUT2D eigenvalue weighted by atomic mass is 10.3. The molecule has 1 aromatic carbocycles. The molecule has 0 aliphatic rings. The van der Waals surface area contributed by atoms with Crippen LogP contribution in [0.25, 0.3) is 0 Å². The Balaban J connectivity index is 2.33. The Bertz CT molecular complexity index is 578. The fraction of sp³-hybridized carbons (Fsp3) is 0.0833. The van der Waals surface area contributed by atoms with E-state index in [0.717, 1.165) is 11.6 Å². The standard InChI is InChI=1S/C12H9BrF2N2O/c13-8-2-10(14)12(15)11(3-8)18-9-1-7(4-16)5-17-6-9/h1-3,5-6H,4,16H2. The molecule has 0 aliphatic carbocycles. The minimum atomic E-state index is -1.05. The molecule has 2 rings (SSSR count). The Morgan fingerprint density at radius 3 is 2.72 bits per heavy atom. The molecule has 0 atom stereocenters. The van der Waals surface area contributed by atoms with Crippen molar-refractivity contribution in [1.82, 2.24) is 4.98 Å². The van der Waals surface area contributed by atoms with Crippen LogP contribution in [0.3, 0.4) is 0 Å². The van der Waals surface area contributed by atoms with Crippen molar-refractivity contribution in [2.45, 2.75) is 6.54 Å². The smallest absolute Gasteiger partial charge is 0.201 e. The van der Waals surface area contributed by atoms with Crippen LogP contribution < -0.4 is 10.5 Å². The number of halogens is 3. The van der Waals surface area contributed by atoms with Crippen LogP contribution in [0.4, 0.5) is 8.78 Å². The summed E-state index contributed by atoms with van der Waals surface area (Å²) < 4.78 is 32.3. The summed E-state index contributed by atoms with van der Waals surface area (Å²) >= 11 is 3.07. The fourth-order valence-electron chi connectivity index (χ4n) is 1.36. The lowest BCUT2D eigenvalue weighted by molar-refractivity contribution is 0.414. The molecule has 94 valence electrons. The molecule has 0 unspecified atom stereocenters. The van der Waals surface area contributed by atoms with E-state index in [1.807, 2.05) is 0 Å². The quantitative estimate of drug-likeness (QED) is 0.884. The third-order valence-electron chi connectivity index (χ3n) is 2.19. The van der Waals surface area contributed by atoms with E-state index >= 15 is 0 Å². The van der Waals surface area contributed by atoms with E-state index in [4.69, 9.17) is 10.5 Å². The zero-order chi connectivity index (χ0) is 13.1. The maximum Gasteiger partial charge on any atom is 0.201 e. The molecule has 0 radical (unpaired) electrons. The molecule has 0 saturated heterocycles. The molecule has 0 aliphatic heterocycles. The molecule has 1 aromatic heterocycles. The van der Waals surface area contributed by atoms with E-state index in [9.17, 15) is 8.78 Å². The Labute approximate surface area is 111 Å². The van der Waals surface area contributed by atoms with Crippen LogP contribution in [0.2, 0.25) is 0 Å². The van der Waals surface area contributed by atoms with Crippen LogP contribution in [0.1, 0.15) is 5.56 Å². The number of hydrogen-bond acceptors (Lipinski definition) is 3. The van der Waals surface area contributed by atoms with Crippen LogP contribution in [0, 0.1) is 11.6 Å². The number of aromatic nitrogens is 1. The van der Waals surface area contributed by atoms with Gasteiger partial charge in [-0.3, -0.25) is 4.98 Å².